The molecule has 0 aliphatic carbocycles. The predicted octanol–water partition coefficient (Wildman–Crippen LogP) is 2.63. The summed E-state index contributed by atoms with van der Waals surface area (Å²) in [7, 11) is 0. The number of nitrogens with zero attached hydrogens (tertiary/aromatic N) is 3. The van der Waals surface area contributed by atoms with E-state index in [-0.39, 0.29) is 5.69 Å². The molecular weight excluding hydrogens is 298 g/mol. The van der Waals surface area contributed by atoms with Gasteiger partial charge >= 0.3 is 18.0 Å². The third kappa shape index (κ3) is 3.63. The number of aromatic nitrogens is 2. The summed E-state index contributed by atoms with van der Waals surface area (Å²) in [6.07, 6.45) is -3.97. The van der Waals surface area contributed by atoms with Crippen LogP contribution in [0.25, 0.3) is 0 Å². The fraction of sp³-hybridized carbons (Fsp3) is 0.500. The summed E-state index contributed by atoms with van der Waals surface area (Å²) in [6, 6.07) is 0. The van der Waals surface area contributed by atoms with Crippen molar-refractivity contribution in [1.82, 2.24) is 9.97 Å². The second kappa shape index (κ2) is 5.51. The first-order valence-corrected chi connectivity index (χ1v) is 5.00. The van der Waals surface area contributed by atoms with E-state index in [2.05, 4.69) is 14.7 Å². The Balaban J connectivity index is 3.04. The molecule has 1 aromatic rings. The predicted molar refractivity (Wildman–Crippen MR) is 54.9 cm³/mol. The fourth-order valence-electron chi connectivity index (χ4n) is 1.05. The van der Waals surface area contributed by atoms with Gasteiger partial charge in [-0.3, -0.25) is 10.1 Å². The first-order chi connectivity index (χ1) is 8.65. The molecule has 0 bridgehead atoms. The summed E-state index contributed by atoms with van der Waals surface area (Å²) in [4.78, 5) is 16.4. The van der Waals surface area contributed by atoms with Crippen LogP contribution in [0.2, 0.25) is 5.28 Å². The summed E-state index contributed by atoms with van der Waals surface area (Å²) in [5.41, 5.74) is -1.05. The Morgan fingerprint density at radius 1 is 1.47 bits per heavy atom. The molecule has 19 heavy (non-hydrogen) atoms. The maximum atomic E-state index is 12.6. The lowest BCUT2D eigenvalue weighted by Gasteiger charge is -2.15. The zero-order valence-corrected chi connectivity index (χ0v) is 10.00. The molecule has 0 atom stereocenters. The van der Waals surface area contributed by atoms with Gasteiger partial charge < -0.3 is 4.74 Å². The van der Waals surface area contributed by atoms with Crippen LogP contribution in [-0.2, 0) is 0 Å². The molecule has 0 radical (unpaired) electrons. The molecule has 11 heteroatoms. The van der Waals surface area contributed by atoms with E-state index in [1.54, 1.807) is 0 Å². The monoisotopic (exact) mass is 303 g/mol. The molecule has 0 saturated heterocycles. The van der Waals surface area contributed by atoms with Crippen molar-refractivity contribution in [3.8, 4) is 5.88 Å². The summed E-state index contributed by atoms with van der Waals surface area (Å²) in [5.74, 6) is -5.35. The number of aryl methyl sites for hydroxylation is 1. The van der Waals surface area contributed by atoms with Crippen molar-refractivity contribution in [2.75, 3.05) is 6.61 Å². The molecule has 0 aliphatic heterocycles. The zero-order valence-electron chi connectivity index (χ0n) is 9.24. The van der Waals surface area contributed by atoms with Gasteiger partial charge in [-0.15, -0.1) is 0 Å². The van der Waals surface area contributed by atoms with Crippen molar-refractivity contribution in [2.24, 2.45) is 0 Å². The minimum Gasteiger partial charge on any atom is -0.466 e. The molecule has 0 aromatic carbocycles. The van der Waals surface area contributed by atoms with Gasteiger partial charge in [0.2, 0.25) is 5.28 Å². The van der Waals surface area contributed by atoms with Crippen LogP contribution >= 0.6 is 11.6 Å². The molecule has 6 nitrogen and oxygen atoms in total. The van der Waals surface area contributed by atoms with Crippen molar-refractivity contribution in [2.45, 2.75) is 19.3 Å². The van der Waals surface area contributed by atoms with Crippen LogP contribution in [-0.4, -0.2) is 33.8 Å². The van der Waals surface area contributed by atoms with Crippen LogP contribution in [0.5, 0.6) is 5.88 Å². The maximum Gasteiger partial charge on any atom is 0.352 e. The van der Waals surface area contributed by atoms with Gasteiger partial charge in [0.05, 0.1) is 4.92 Å². The highest BCUT2D eigenvalue weighted by atomic mass is 35.5. The Kier molecular flexibility index (Phi) is 4.45. The first kappa shape index (κ1) is 15.3. The molecule has 0 N–H and O–H groups in total. The lowest BCUT2D eigenvalue weighted by Crippen LogP contribution is -2.34. The minimum atomic E-state index is -4.46. The molecule has 0 amide bonds. The fourth-order valence-corrected chi connectivity index (χ4v) is 1.25. The molecular formula is C8H6ClF4N3O3. The first-order valence-electron chi connectivity index (χ1n) is 4.62. The largest absolute Gasteiger partial charge is 0.466 e. The van der Waals surface area contributed by atoms with E-state index >= 15 is 0 Å². The number of hydrogen-bond donors (Lipinski definition) is 0. The smallest absolute Gasteiger partial charge is 0.352 e. The van der Waals surface area contributed by atoms with Gasteiger partial charge in [0, 0.05) is 0 Å². The van der Waals surface area contributed by atoms with E-state index in [0.717, 1.165) is 0 Å². The van der Waals surface area contributed by atoms with Crippen molar-refractivity contribution >= 4 is 17.3 Å². The number of ether oxygens (including phenoxy) is 1. The third-order valence-electron chi connectivity index (χ3n) is 1.90. The Bertz CT molecular complexity index is 500. The topological polar surface area (TPSA) is 78.2 Å². The van der Waals surface area contributed by atoms with Gasteiger partial charge in [-0.05, 0) is 18.5 Å². The molecule has 1 aromatic heterocycles. The lowest BCUT2D eigenvalue weighted by molar-refractivity contribution is -0.387. The van der Waals surface area contributed by atoms with E-state index in [0.29, 0.717) is 0 Å². The van der Waals surface area contributed by atoms with Crippen LogP contribution < -0.4 is 4.74 Å². The summed E-state index contributed by atoms with van der Waals surface area (Å²) in [6.45, 7) is -0.595. The van der Waals surface area contributed by atoms with Crippen LogP contribution in [0.15, 0.2) is 0 Å². The molecule has 1 heterocycles. The Labute approximate surface area is 108 Å². The standard InChI is InChI=1S/C8H6ClF4N3O3/c1-3-4(16(17)18)5(15-7(9)14-3)19-2-8(12,13)6(10)11/h6H,2H2,1H3. The Morgan fingerprint density at radius 3 is 2.53 bits per heavy atom. The molecule has 0 aliphatic rings. The van der Waals surface area contributed by atoms with E-state index in [1.807, 2.05) is 0 Å². The third-order valence-corrected chi connectivity index (χ3v) is 2.07. The van der Waals surface area contributed by atoms with E-state index in [4.69, 9.17) is 11.6 Å². The van der Waals surface area contributed by atoms with Gasteiger partial charge in [0.15, 0.2) is 6.61 Å². The highest BCUT2D eigenvalue weighted by Crippen LogP contribution is 2.31. The zero-order chi connectivity index (χ0) is 14.8. The van der Waals surface area contributed by atoms with Crippen molar-refractivity contribution < 1.29 is 27.2 Å². The van der Waals surface area contributed by atoms with Gasteiger partial charge in [-0.25, -0.2) is 13.8 Å². The number of hydrogen-bond acceptors (Lipinski definition) is 5. The van der Waals surface area contributed by atoms with Crippen molar-refractivity contribution in [3.05, 3.63) is 21.1 Å². The summed E-state index contributed by atoms with van der Waals surface area (Å²) >= 11 is 5.38. The number of alkyl halides is 4. The minimum absolute atomic E-state index is 0.236. The summed E-state index contributed by atoms with van der Waals surface area (Å²) < 4.78 is 53.4. The van der Waals surface area contributed by atoms with Crippen molar-refractivity contribution in [1.29, 1.82) is 0 Å². The normalized spacial score (nSPS) is 11.7. The maximum absolute atomic E-state index is 12.6. The number of rotatable bonds is 5. The summed E-state index contributed by atoms with van der Waals surface area (Å²) in [5, 5.41) is 10.2. The van der Waals surface area contributed by atoms with Gasteiger partial charge in [0.25, 0.3) is 5.88 Å². The molecule has 1 rings (SSSR count). The van der Waals surface area contributed by atoms with E-state index < -0.39 is 40.7 Å². The average molecular weight is 304 g/mol. The van der Waals surface area contributed by atoms with Crippen LogP contribution in [0.1, 0.15) is 5.69 Å². The van der Waals surface area contributed by atoms with Gasteiger partial charge in [-0.1, -0.05) is 0 Å². The van der Waals surface area contributed by atoms with Gasteiger partial charge in [-0.2, -0.15) is 13.8 Å². The molecule has 0 spiro atoms. The van der Waals surface area contributed by atoms with Crippen LogP contribution in [0.4, 0.5) is 23.2 Å². The van der Waals surface area contributed by atoms with Gasteiger partial charge in [0.1, 0.15) is 5.69 Å². The quantitative estimate of drug-likeness (QED) is 0.361. The highest BCUT2D eigenvalue weighted by molar-refractivity contribution is 6.28. The van der Waals surface area contributed by atoms with Crippen LogP contribution in [0, 0.1) is 17.0 Å². The van der Waals surface area contributed by atoms with Crippen LogP contribution in [0.3, 0.4) is 0 Å². The molecule has 0 unspecified atom stereocenters. The molecule has 0 fully saturated rings. The Morgan fingerprint density at radius 2 is 2.05 bits per heavy atom. The highest BCUT2D eigenvalue weighted by Gasteiger charge is 2.42. The van der Waals surface area contributed by atoms with E-state index in [1.165, 1.54) is 6.92 Å². The molecule has 0 saturated carbocycles. The van der Waals surface area contributed by atoms with Crippen molar-refractivity contribution in [3.63, 3.8) is 0 Å². The van der Waals surface area contributed by atoms with E-state index in [9.17, 15) is 27.7 Å². The lowest BCUT2D eigenvalue weighted by atomic mass is 10.3. The SMILES string of the molecule is Cc1nc(Cl)nc(OCC(F)(F)C(F)F)c1[N+](=O)[O-]. The molecule has 106 valence electrons. The second-order valence-corrected chi connectivity index (χ2v) is 3.68. The Hall–Kier alpha value is -1.71. The second-order valence-electron chi connectivity index (χ2n) is 3.34. The number of halogens is 5. The number of nitro groups is 1. The average Bonchev–Trinajstić information content (AvgIpc) is 2.24.